The molecule has 0 spiro atoms. The van der Waals surface area contributed by atoms with Gasteiger partial charge < -0.3 is 0 Å². The van der Waals surface area contributed by atoms with Crippen LogP contribution >= 0.6 is 20.1 Å². The molecule has 0 N–H and O–H groups in total. The maximum absolute atomic E-state index is 13.2. The van der Waals surface area contributed by atoms with Crippen molar-refractivity contribution in [1.29, 1.82) is 0 Å². The first kappa shape index (κ1) is 13.8. The van der Waals surface area contributed by atoms with Crippen LogP contribution < -0.4 is 0 Å². The quantitative estimate of drug-likeness (QED) is 0.759. The highest BCUT2D eigenvalue weighted by Crippen LogP contribution is 2.68. The van der Waals surface area contributed by atoms with Gasteiger partial charge in [0.1, 0.15) is 0 Å². The molecule has 1 nitrogen and oxygen atoms in total. The smallest absolute Gasteiger partial charge is 0.213 e. The Morgan fingerprint density at radius 3 is 1.88 bits per heavy atom. The van der Waals surface area contributed by atoms with Crippen LogP contribution in [0.2, 0.25) is 0 Å². The maximum atomic E-state index is 13.2. The zero-order valence-corrected chi connectivity index (χ0v) is 12.6. The third-order valence-electron chi connectivity index (χ3n) is 2.26. The van der Waals surface area contributed by atoms with Gasteiger partial charge in [-0.05, 0) is 49.7 Å². The molecule has 1 aromatic heterocycles. The zero-order valence-electron chi connectivity index (χ0n) is 11.0. The number of pyridine rings is 1. The van der Waals surface area contributed by atoms with Gasteiger partial charge in [-0.25, -0.2) is 25.0 Å². The Bertz CT molecular complexity index is 352. The van der Waals surface area contributed by atoms with E-state index in [1.165, 1.54) is 6.07 Å². The highest BCUT2D eigenvalue weighted by atomic mass is 32.3. The van der Waals surface area contributed by atoms with E-state index in [1.807, 2.05) is 6.07 Å². The summed E-state index contributed by atoms with van der Waals surface area (Å²) in [5, 5.41) is 0. The summed E-state index contributed by atoms with van der Waals surface area (Å²) in [7, 11) is -1.57. The molecule has 1 aromatic rings. The topological polar surface area (TPSA) is 12.9 Å². The van der Waals surface area contributed by atoms with Crippen LogP contribution in [0.3, 0.4) is 0 Å². The van der Waals surface area contributed by atoms with E-state index in [0.717, 1.165) is 5.69 Å². The average Bonchev–Trinajstić information content (AvgIpc) is 1.97. The lowest BCUT2D eigenvalue weighted by Gasteiger charge is -2.47. The van der Waals surface area contributed by atoms with Gasteiger partial charge in [-0.2, -0.15) is 4.39 Å². The first-order chi connectivity index (χ1) is 7.12. The average molecular weight is 263 g/mol. The minimum absolute atomic E-state index is 0.366. The molecule has 1 rings (SSSR count). The van der Waals surface area contributed by atoms with Gasteiger partial charge >= 0.3 is 0 Å². The number of rotatable bonds is 3. The fourth-order valence-electron chi connectivity index (χ4n) is 2.15. The number of aromatic nitrogens is 1. The van der Waals surface area contributed by atoms with E-state index < -0.39 is 20.1 Å². The van der Waals surface area contributed by atoms with E-state index in [1.54, 1.807) is 6.07 Å². The number of hydrogen-bond donors (Lipinski definition) is 0. The zero-order chi connectivity index (χ0) is 12.6. The first-order valence-corrected chi connectivity index (χ1v) is 10.9. The molecule has 4 heteroatoms. The number of nitrogens with zero attached hydrogens (tertiary/aromatic N) is 1. The van der Waals surface area contributed by atoms with Gasteiger partial charge in [-0.1, -0.05) is 6.07 Å². The maximum Gasteiger partial charge on any atom is 0.213 e. The van der Waals surface area contributed by atoms with Crippen LogP contribution in [0, 0.1) is 5.95 Å². The predicted octanol–water partition coefficient (Wildman–Crippen LogP) is 3.61. The molecule has 0 radical (unpaired) electrons. The van der Waals surface area contributed by atoms with E-state index in [4.69, 9.17) is 0 Å². The molecule has 0 aliphatic heterocycles. The van der Waals surface area contributed by atoms with Crippen molar-refractivity contribution in [1.82, 2.24) is 4.98 Å². The van der Waals surface area contributed by atoms with E-state index in [9.17, 15) is 4.39 Å². The van der Waals surface area contributed by atoms with E-state index in [0.29, 0.717) is 4.58 Å². The lowest BCUT2D eigenvalue weighted by atomic mass is 10.4. The minimum Gasteiger partial charge on any atom is -0.234 e. The Kier molecular flexibility index (Phi) is 3.95. The van der Waals surface area contributed by atoms with Crippen molar-refractivity contribution < 1.29 is 4.39 Å². The molecule has 0 unspecified atom stereocenters. The number of hydrogen-bond acceptors (Lipinski definition) is 1. The standard InChI is InChI=1S/C12H22FNS2/c1-15(2,3)12(16(4,5)6)10-8-7-9-11(13)14-10/h7-9,12H,1-6H3. The highest BCUT2D eigenvalue weighted by Gasteiger charge is 2.31. The van der Waals surface area contributed by atoms with Gasteiger partial charge in [0, 0.05) is 0 Å². The summed E-state index contributed by atoms with van der Waals surface area (Å²) in [6.07, 6.45) is 13.7. The van der Waals surface area contributed by atoms with Crippen LogP contribution in [0.4, 0.5) is 4.39 Å². The van der Waals surface area contributed by atoms with Gasteiger partial charge in [0.25, 0.3) is 0 Å². The summed E-state index contributed by atoms with van der Waals surface area (Å²) >= 11 is 0. The lowest BCUT2D eigenvalue weighted by Crippen LogP contribution is -2.15. The van der Waals surface area contributed by atoms with Gasteiger partial charge in [0.05, 0.1) is 10.3 Å². The molecule has 0 bridgehead atoms. The molecule has 0 aromatic carbocycles. The third-order valence-corrected chi connectivity index (χ3v) is 8.78. The Hall–Kier alpha value is -0.220. The van der Waals surface area contributed by atoms with Crippen molar-refractivity contribution in [3.05, 3.63) is 29.8 Å². The third kappa shape index (κ3) is 3.39. The van der Waals surface area contributed by atoms with Crippen molar-refractivity contribution in [3.63, 3.8) is 0 Å². The fourth-order valence-corrected chi connectivity index (χ4v) is 10.8. The molecular formula is C12H22FNS2. The van der Waals surface area contributed by atoms with Crippen LogP contribution in [-0.4, -0.2) is 42.5 Å². The minimum atomic E-state index is -0.785. The molecule has 0 saturated heterocycles. The van der Waals surface area contributed by atoms with Gasteiger partial charge in [0.15, 0.2) is 0 Å². The molecular weight excluding hydrogens is 241 g/mol. The Balaban J connectivity index is 3.23. The highest BCUT2D eigenvalue weighted by molar-refractivity contribution is 8.47. The van der Waals surface area contributed by atoms with Gasteiger partial charge in [-0.15, -0.1) is 0 Å². The second kappa shape index (κ2) is 4.57. The molecule has 0 amide bonds. The van der Waals surface area contributed by atoms with Crippen LogP contribution in [0.15, 0.2) is 18.2 Å². The van der Waals surface area contributed by atoms with Crippen LogP contribution in [0.1, 0.15) is 10.3 Å². The lowest BCUT2D eigenvalue weighted by molar-refractivity contribution is 0.579. The number of halogens is 1. The Morgan fingerprint density at radius 2 is 1.50 bits per heavy atom. The predicted molar refractivity (Wildman–Crippen MR) is 77.7 cm³/mol. The van der Waals surface area contributed by atoms with Crippen LogP contribution in [0.25, 0.3) is 0 Å². The molecule has 16 heavy (non-hydrogen) atoms. The molecule has 94 valence electrons. The van der Waals surface area contributed by atoms with Crippen molar-refractivity contribution >= 4 is 20.1 Å². The Labute approximate surface area is 101 Å². The molecule has 0 saturated carbocycles. The summed E-state index contributed by atoms with van der Waals surface area (Å²) in [6, 6.07) is 5.14. The summed E-state index contributed by atoms with van der Waals surface area (Å²) in [5.74, 6) is -0.366. The first-order valence-electron chi connectivity index (χ1n) is 5.09. The SMILES string of the molecule is CS(C)(C)C(c1cccc(F)n1)S(C)(C)C. The van der Waals surface area contributed by atoms with Crippen molar-refractivity contribution in [2.75, 3.05) is 37.5 Å². The molecule has 0 aliphatic carbocycles. The van der Waals surface area contributed by atoms with E-state index in [2.05, 4.69) is 42.5 Å². The van der Waals surface area contributed by atoms with Gasteiger partial charge in [-0.3, -0.25) is 0 Å². The summed E-state index contributed by atoms with van der Waals surface area (Å²) in [6.45, 7) is 0. The molecule has 1 heterocycles. The van der Waals surface area contributed by atoms with Crippen molar-refractivity contribution in [2.24, 2.45) is 0 Å². The van der Waals surface area contributed by atoms with Crippen LogP contribution in [-0.2, 0) is 0 Å². The van der Waals surface area contributed by atoms with E-state index >= 15 is 0 Å². The Morgan fingerprint density at radius 1 is 1.00 bits per heavy atom. The summed E-state index contributed by atoms with van der Waals surface area (Å²) < 4.78 is 13.6. The monoisotopic (exact) mass is 263 g/mol. The summed E-state index contributed by atoms with van der Waals surface area (Å²) in [4.78, 5) is 4.08. The second-order valence-corrected chi connectivity index (χ2v) is 14.5. The second-order valence-electron chi connectivity index (χ2n) is 5.58. The van der Waals surface area contributed by atoms with Crippen molar-refractivity contribution in [2.45, 2.75) is 4.58 Å². The van der Waals surface area contributed by atoms with Crippen molar-refractivity contribution in [3.8, 4) is 0 Å². The van der Waals surface area contributed by atoms with Crippen LogP contribution in [0.5, 0.6) is 0 Å². The molecule has 0 aliphatic rings. The fraction of sp³-hybridized carbons (Fsp3) is 0.583. The normalized spacial score (nSPS) is 15.2. The molecule has 0 fully saturated rings. The molecule has 0 atom stereocenters. The largest absolute Gasteiger partial charge is 0.234 e. The van der Waals surface area contributed by atoms with E-state index in [-0.39, 0.29) is 5.95 Å². The van der Waals surface area contributed by atoms with Gasteiger partial charge in [0.2, 0.25) is 5.95 Å². The summed E-state index contributed by atoms with van der Waals surface area (Å²) in [5.41, 5.74) is 0.921.